The summed E-state index contributed by atoms with van der Waals surface area (Å²) in [6, 6.07) is 0. The van der Waals surface area contributed by atoms with Crippen LogP contribution in [0, 0.1) is 17.8 Å². The van der Waals surface area contributed by atoms with Crippen molar-refractivity contribution in [2.45, 2.75) is 25.7 Å². The van der Waals surface area contributed by atoms with E-state index in [0.29, 0.717) is 0 Å². The summed E-state index contributed by atoms with van der Waals surface area (Å²) in [5, 5.41) is 3.55. The minimum absolute atomic E-state index is 0.847. The average molecular weight is 217 g/mol. The molecule has 1 saturated carbocycles. The Morgan fingerprint density at radius 1 is 1.19 bits per heavy atom. The fourth-order valence-corrected chi connectivity index (χ4v) is 3.47. The Balaban J connectivity index is 1.70. The second-order valence-electron chi connectivity index (χ2n) is 5.22. The number of hydrogen-bond acceptors (Lipinski definition) is 3. The van der Waals surface area contributed by atoms with Crippen molar-refractivity contribution in [1.82, 2.24) is 15.3 Å². The summed E-state index contributed by atoms with van der Waals surface area (Å²) in [4.78, 5) is 8.22. The normalized spacial score (nSPS) is 33.6. The summed E-state index contributed by atoms with van der Waals surface area (Å²) in [5.74, 6) is 2.68. The highest BCUT2D eigenvalue weighted by atomic mass is 14.9. The highest BCUT2D eigenvalue weighted by molar-refractivity contribution is 5.05. The lowest BCUT2D eigenvalue weighted by Gasteiger charge is -2.33. The molecule has 86 valence electrons. The van der Waals surface area contributed by atoms with Gasteiger partial charge in [-0.15, -0.1) is 0 Å². The number of aromatic nitrogens is 2. The van der Waals surface area contributed by atoms with Crippen LogP contribution in [0.2, 0.25) is 0 Å². The molecule has 0 spiro atoms. The van der Waals surface area contributed by atoms with Crippen LogP contribution in [0.4, 0.5) is 0 Å². The lowest BCUT2D eigenvalue weighted by atomic mass is 9.72. The van der Waals surface area contributed by atoms with Crippen molar-refractivity contribution in [2.24, 2.45) is 17.8 Å². The minimum atomic E-state index is 0.847. The van der Waals surface area contributed by atoms with Gasteiger partial charge in [-0.3, -0.25) is 0 Å². The molecular formula is C13H19N3. The van der Waals surface area contributed by atoms with E-state index in [1.165, 1.54) is 44.3 Å². The van der Waals surface area contributed by atoms with E-state index in [1.807, 2.05) is 12.4 Å². The van der Waals surface area contributed by atoms with Crippen LogP contribution in [-0.4, -0.2) is 23.1 Å². The first-order valence-corrected chi connectivity index (χ1v) is 6.38. The predicted molar refractivity (Wildman–Crippen MR) is 62.9 cm³/mol. The molecule has 1 N–H and O–H groups in total. The van der Waals surface area contributed by atoms with Crippen LogP contribution >= 0.6 is 0 Å². The maximum absolute atomic E-state index is 4.11. The first-order chi connectivity index (χ1) is 7.93. The zero-order valence-electron chi connectivity index (χ0n) is 9.60. The summed E-state index contributed by atoms with van der Waals surface area (Å²) in [5.41, 5.74) is 1.31. The number of fused-ring (bicyclic) bond motifs is 1. The largest absolute Gasteiger partial charge is 0.316 e. The zero-order chi connectivity index (χ0) is 10.8. The van der Waals surface area contributed by atoms with Gasteiger partial charge in [-0.25, -0.2) is 9.97 Å². The molecule has 1 aromatic heterocycles. The van der Waals surface area contributed by atoms with Gasteiger partial charge in [0.15, 0.2) is 0 Å². The first-order valence-electron chi connectivity index (χ1n) is 6.38. The third-order valence-electron chi connectivity index (χ3n) is 4.26. The van der Waals surface area contributed by atoms with E-state index < -0.39 is 0 Å². The van der Waals surface area contributed by atoms with Crippen molar-refractivity contribution < 1.29 is 0 Å². The van der Waals surface area contributed by atoms with Crippen LogP contribution < -0.4 is 5.32 Å². The van der Waals surface area contributed by atoms with Gasteiger partial charge in [0.25, 0.3) is 0 Å². The third kappa shape index (κ3) is 1.96. The smallest absolute Gasteiger partial charge is 0.115 e. The number of rotatable bonds is 2. The van der Waals surface area contributed by atoms with Gasteiger partial charge in [0, 0.05) is 12.4 Å². The predicted octanol–water partition coefficient (Wildman–Crippen LogP) is 1.65. The lowest BCUT2D eigenvalue weighted by molar-refractivity contribution is 0.198. The molecule has 1 aliphatic heterocycles. The first kappa shape index (κ1) is 10.2. The van der Waals surface area contributed by atoms with E-state index >= 15 is 0 Å². The van der Waals surface area contributed by atoms with Gasteiger partial charge in [0.1, 0.15) is 6.33 Å². The van der Waals surface area contributed by atoms with Gasteiger partial charge in [-0.05, 0) is 55.7 Å². The molecule has 3 nitrogen and oxygen atoms in total. The fraction of sp³-hybridized carbons (Fsp3) is 0.692. The van der Waals surface area contributed by atoms with E-state index in [-0.39, 0.29) is 0 Å². The maximum atomic E-state index is 4.11. The standard InChI is InChI=1S/C13H19N3/c1-2-11(4-10-5-15-9-16-6-10)13-8-14-7-12(13)3-1/h5-6,9,11-14H,1-4,7-8H2. The zero-order valence-corrected chi connectivity index (χ0v) is 9.60. The van der Waals surface area contributed by atoms with E-state index in [9.17, 15) is 0 Å². The molecule has 3 rings (SSSR count). The van der Waals surface area contributed by atoms with Crippen molar-refractivity contribution in [1.29, 1.82) is 0 Å². The Bertz CT molecular complexity index is 338. The molecule has 0 bridgehead atoms. The summed E-state index contributed by atoms with van der Waals surface area (Å²) in [6.07, 6.45) is 10.9. The Kier molecular flexibility index (Phi) is 2.87. The van der Waals surface area contributed by atoms with Crippen LogP contribution in [0.3, 0.4) is 0 Å². The van der Waals surface area contributed by atoms with Gasteiger partial charge in [-0.2, -0.15) is 0 Å². The molecule has 0 amide bonds. The minimum Gasteiger partial charge on any atom is -0.316 e. The molecule has 3 atom stereocenters. The van der Waals surface area contributed by atoms with Crippen LogP contribution in [0.25, 0.3) is 0 Å². The van der Waals surface area contributed by atoms with Crippen molar-refractivity contribution >= 4 is 0 Å². The maximum Gasteiger partial charge on any atom is 0.115 e. The third-order valence-corrected chi connectivity index (χ3v) is 4.26. The summed E-state index contributed by atoms with van der Waals surface area (Å²) in [6.45, 7) is 2.47. The van der Waals surface area contributed by atoms with Crippen LogP contribution in [0.5, 0.6) is 0 Å². The van der Waals surface area contributed by atoms with Crippen LogP contribution in [0.15, 0.2) is 18.7 Å². The monoisotopic (exact) mass is 217 g/mol. The molecule has 3 unspecified atom stereocenters. The second kappa shape index (κ2) is 4.50. The Hall–Kier alpha value is -0.960. The van der Waals surface area contributed by atoms with E-state index in [0.717, 1.165) is 17.8 Å². The molecule has 2 heterocycles. The number of hydrogen-bond donors (Lipinski definition) is 1. The molecule has 16 heavy (non-hydrogen) atoms. The molecule has 2 aliphatic rings. The highest BCUT2D eigenvalue weighted by Crippen LogP contribution is 2.38. The SMILES string of the molecule is c1ncc(CC2CCCC3CNCC32)cn1. The number of nitrogens with one attached hydrogen (secondary N) is 1. The second-order valence-corrected chi connectivity index (χ2v) is 5.22. The molecule has 1 aliphatic carbocycles. The topological polar surface area (TPSA) is 37.8 Å². The van der Waals surface area contributed by atoms with E-state index in [1.54, 1.807) is 6.33 Å². The molecule has 1 aromatic rings. The van der Waals surface area contributed by atoms with Crippen molar-refractivity contribution in [3.63, 3.8) is 0 Å². The molecular weight excluding hydrogens is 198 g/mol. The molecule has 0 radical (unpaired) electrons. The lowest BCUT2D eigenvalue weighted by Crippen LogP contribution is -2.28. The molecule has 0 aromatic carbocycles. The van der Waals surface area contributed by atoms with Crippen molar-refractivity contribution in [3.8, 4) is 0 Å². The molecule has 1 saturated heterocycles. The number of nitrogens with zero attached hydrogens (tertiary/aromatic N) is 2. The highest BCUT2D eigenvalue weighted by Gasteiger charge is 2.36. The fourth-order valence-electron chi connectivity index (χ4n) is 3.47. The van der Waals surface area contributed by atoms with Gasteiger partial charge < -0.3 is 5.32 Å². The van der Waals surface area contributed by atoms with E-state index in [2.05, 4.69) is 15.3 Å². The van der Waals surface area contributed by atoms with Gasteiger partial charge in [-0.1, -0.05) is 6.42 Å². The summed E-state index contributed by atoms with van der Waals surface area (Å²) >= 11 is 0. The van der Waals surface area contributed by atoms with Crippen LogP contribution in [-0.2, 0) is 6.42 Å². The molecule has 2 fully saturated rings. The van der Waals surface area contributed by atoms with Crippen LogP contribution in [0.1, 0.15) is 24.8 Å². The van der Waals surface area contributed by atoms with Gasteiger partial charge in [0.2, 0.25) is 0 Å². The van der Waals surface area contributed by atoms with E-state index in [4.69, 9.17) is 0 Å². The van der Waals surface area contributed by atoms with Gasteiger partial charge >= 0.3 is 0 Å². The van der Waals surface area contributed by atoms with Crippen molar-refractivity contribution in [2.75, 3.05) is 13.1 Å². The van der Waals surface area contributed by atoms with Crippen molar-refractivity contribution in [3.05, 3.63) is 24.3 Å². The van der Waals surface area contributed by atoms with Gasteiger partial charge in [0.05, 0.1) is 0 Å². The quantitative estimate of drug-likeness (QED) is 0.818. The summed E-state index contributed by atoms with van der Waals surface area (Å²) in [7, 11) is 0. The Labute approximate surface area is 96.7 Å². The Morgan fingerprint density at radius 2 is 2.06 bits per heavy atom. The summed E-state index contributed by atoms with van der Waals surface area (Å²) < 4.78 is 0. The average Bonchev–Trinajstić information content (AvgIpc) is 2.80. The Morgan fingerprint density at radius 3 is 2.94 bits per heavy atom. The molecule has 3 heteroatoms.